The maximum Gasteiger partial charge on any atom is 0.278 e. The normalized spacial score (nSPS) is 11.0. The van der Waals surface area contributed by atoms with Crippen molar-refractivity contribution in [3.05, 3.63) is 79.9 Å². The number of rotatable bonds is 10. The Morgan fingerprint density at radius 2 is 1.12 bits per heavy atom. The van der Waals surface area contributed by atoms with Crippen LogP contribution in [0.25, 0.3) is 12.2 Å². The van der Waals surface area contributed by atoms with Crippen LogP contribution < -0.4 is 9.80 Å². The van der Waals surface area contributed by atoms with Crippen LogP contribution in [0.3, 0.4) is 0 Å². The molecular formula is C23H24N4O6. The third-order valence-electron chi connectivity index (χ3n) is 4.70. The first kappa shape index (κ1) is 24.9. The number of benzene rings is 2. The first-order valence-corrected chi connectivity index (χ1v) is 9.83. The highest BCUT2D eigenvalue weighted by Crippen LogP contribution is 2.27. The molecule has 0 aliphatic heterocycles. The lowest BCUT2D eigenvalue weighted by Crippen LogP contribution is -2.09. The molecule has 2 rings (SSSR count). The van der Waals surface area contributed by atoms with Gasteiger partial charge in [0.1, 0.15) is 0 Å². The van der Waals surface area contributed by atoms with Crippen molar-refractivity contribution < 1.29 is 19.4 Å². The SMILES string of the molecule is CN(C)c1ccc(C=CC(=O)CC(=O)C=Cc2ccc(N(C)C)cc2[N+](=O)[O-])c([N+](=O)[O-])c1. The summed E-state index contributed by atoms with van der Waals surface area (Å²) in [6.07, 6.45) is 4.33. The molecule has 2 aromatic rings. The molecule has 0 saturated heterocycles. The zero-order valence-corrected chi connectivity index (χ0v) is 18.7. The molecule has 0 unspecified atom stereocenters. The first-order chi connectivity index (χ1) is 15.5. The van der Waals surface area contributed by atoms with E-state index < -0.39 is 27.8 Å². The Balaban J connectivity index is 2.12. The fourth-order valence-corrected chi connectivity index (χ4v) is 2.87. The van der Waals surface area contributed by atoms with Crippen molar-refractivity contribution in [3.63, 3.8) is 0 Å². The second-order valence-corrected chi connectivity index (χ2v) is 7.57. The lowest BCUT2D eigenvalue weighted by molar-refractivity contribution is -0.385. The number of carbonyl (C=O) groups excluding carboxylic acids is 2. The number of allylic oxidation sites excluding steroid dienone is 2. The summed E-state index contributed by atoms with van der Waals surface area (Å²) >= 11 is 0. The first-order valence-electron chi connectivity index (χ1n) is 9.83. The average molecular weight is 452 g/mol. The van der Waals surface area contributed by atoms with Crippen molar-refractivity contribution in [3.8, 4) is 0 Å². The van der Waals surface area contributed by atoms with Crippen LogP contribution in [0, 0.1) is 20.2 Å². The summed E-state index contributed by atoms with van der Waals surface area (Å²) in [5, 5.41) is 22.7. The van der Waals surface area contributed by atoms with Crippen LogP contribution in [0.1, 0.15) is 17.5 Å². The summed E-state index contributed by atoms with van der Waals surface area (Å²) in [6.45, 7) is 0. The van der Waals surface area contributed by atoms with Crippen LogP contribution in [0.15, 0.2) is 48.6 Å². The highest BCUT2D eigenvalue weighted by molar-refractivity contribution is 6.11. The van der Waals surface area contributed by atoms with Gasteiger partial charge in [0.15, 0.2) is 11.6 Å². The van der Waals surface area contributed by atoms with Crippen LogP contribution >= 0.6 is 0 Å². The Morgan fingerprint density at radius 1 is 0.758 bits per heavy atom. The Morgan fingerprint density at radius 3 is 1.42 bits per heavy atom. The molecule has 0 aliphatic carbocycles. The highest BCUT2D eigenvalue weighted by atomic mass is 16.6. The van der Waals surface area contributed by atoms with Crippen molar-refractivity contribution in [1.82, 2.24) is 0 Å². The third kappa shape index (κ3) is 6.82. The van der Waals surface area contributed by atoms with Crippen LogP contribution in [0.5, 0.6) is 0 Å². The van der Waals surface area contributed by atoms with E-state index >= 15 is 0 Å². The molecule has 172 valence electrons. The molecule has 0 N–H and O–H groups in total. The number of hydrogen-bond acceptors (Lipinski definition) is 8. The molecule has 0 spiro atoms. The number of nitrogens with zero attached hydrogens (tertiary/aromatic N) is 4. The van der Waals surface area contributed by atoms with Crippen molar-refractivity contribution in [2.45, 2.75) is 6.42 Å². The second kappa shape index (κ2) is 10.8. The van der Waals surface area contributed by atoms with E-state index in [0.717, 1.165) is 12.2 Å². The lowest BCUT2D eigenvalue weighted by Gasteiger charge is -2.12. The van der Waals surface area contributed by atoms with Gasteiger partial charge in [-0.1, -0.05) is 0 Å². The smallest absolute Gasteiger partial charge is 0.278 e. The zero-order valence-electron chi connectivity index (χ0n) is 18.7. The van der Waals surface area contributed by atoms with Gasteiger partial charge < -0.3 is 9.80 Å². The van der Waals surface area contributed by atoms with Gasteiger partial charge in [0.2, 0.25) is 0 Å². The van der Waals surface area contributed by atoms with Gasteiger partial charge in [-0.3, -0.25) is 29.8 Å². The van der Waals surface area contributed by atoms with Gasteiger partial charge in [-0.15, -0.1) is 0 Å². The molecule has 0 heterocycles. The maximum absolute atomic E-state index is 12.2. The molecule has 33 heavy (non-hydrogen) atoms. The van der Waals surface area contributed by atoms with Crippen molar-refractivity contribution in [2.75, 3.05) is 38.0 Å². The van der Waals surface area contributed by atoms with Crippen LogP contribution in [0.2, 0.25) is 0 Å². The molecule has 0 amide bonds. The molecule has 0 atom stereocenters. The highest BCUT2D eigenvalue weighted by Gasteiger charge is 2.15. The number of nitro benzene ring substituents is 2. The molecule has 0 radical (unpaired) electrons. The van der Waals surface area contributed by atoms with Gasteiger partial charge in [-0.05, 0) is 48.6 Å². The van der Waals surface area contributed by atoms with E-state index in [0.29, 0.717) is 11.4 Å². The topological polar surface area (TPSA) is 127 Å². The predicted octanol–water partition coefficient (Wildman–Crippen LogP) is 3.89. The van der Waals surface area contributed by atoms with Gasteiger partial charge in [0.05, 0.1) is 27.4 Å². The minimum atomic E-state index is -0.548. The molecule has 2 aromatic carbocycles. The summed E-state index contributed by atoms with van der Waals surface area (Å²) in [4.78, 5) is 49.3. The summed E-state index contributed by atoms with van der Waals surface area (Å²) < 4.78 is 0. The van der Waals surface area contributed by atoms with E-state index in [2.05, 4.69) is 0 Å². The van der Waals surface area contributed by atoms with E-state index in [1.807, 2.05) is 0 Å². The lowest BCUT2D eigenvalue weighted by atomic mass is 10.1. The minimum Gasteiger partial charge on any atom is -0.377 e. The van der Waals surface area contributed by atoms with E-state index in [4.69, 9.17) is 0 Å². The van der Waals surface area contributed by atoms with Gasteiger partial charge in [0.25, 0.3) is 11.4 Å². The fourth-order valence-electron chi connectivity index (χ4n) is 2.87. The largest absolute Gasteiger partial charge is 0.377 e. The number of nitro groups is 2. The number of carbonyl (C=O) groups is 2. The molecule has 0 saturated carbocycles. The molecule has 0 aliphatic rings. The van der Waals surface area contributed by atoms with Crippen molar-refractivity contribution in [2.24, 2.45) is 0 Å². The monoisotopic (exact) mass is 452 g/mol. The molecule has 10 nitrogen and oxygen atoms in total. The van der Waals surface area contributed by atoms with E-state index in [1.54, 1.807) is 50.1 Å². The minimum absolute atomic E-state index is 0.162. The third-order valence-corrected chi connectivity index (χ3v) is 4.70. The number of anilines is 2. The Kier molecular flexibility index (Phi) is 8.16. The number of ketones is 2. The summed E-state index contributed by atoms with van der Waals surface area (Å²) in [5.41, 5.74) is 1.42. The summed E-state index contributed by atoms with van der Waals surface area (Å²) in [7, 11) is 7.01. The zero-order chi connectivity index (χ0) is 24.7. The Labute approximate surface area is 190 Å². The van der Waals surface area contributed by atoms with Gasteiger partial charge in [0, 0.05) is 51.7 Å². The summed E-state index contributed by atoms with van der Waals surface area (Å²) in [6, 6.07) is 9.20. The molecular weight excluding hydrogens is 428 g/mol. The standard InChI is InChI=1S/C23H24N4O6/c1-24(2)18-9-5-16(22(13-18)26(30)31)7-11-20(28)15-21(29)12-8-17-6-10-19(25(3)4)14-23(17)27(32)33/h5-14H,15H2,1-4H3. The maximum atomic E-state index is 12.2. The van der Waals surface area contributed by atoms with Crippen molar-refractivity contribution in [1.29, 1.82) is 0 Å². The quantitative estimate of drug-likeness (QED) is 0.230. The van der Waals surface area contributed by atoms with Gasteiger partial charge in [-0.2, -0.15) is 0 Å². The summed E-state index contributed by atoms with van der Waals surface area (Å²) in [5.74, 6) is -1.10. The fraction of sp³-hybridized carbons (Fsp3) is 0.217. The average Bonchev–Trinajstić information content (AvgIpc) is 2.75. The van der Waals surface area contributed by atoms with E-state index in [1.165, 1.54) is 36.4 Å². The Bertz CT molecular complexity index is 1060. The van der Waals surface area contributed by atoms with Crippen LogP contribution in [-0.2, 0) is 9.59 Å². The molecule has 0 bridgehead atoms. The van der Waals surface area contributed by atoms with Crippen LogP contribution in [0.4, 0.5) is 22.7 Å². The molecule has 10 heteroatoms. The van der Waals surface area contributed by atoms with Gasteiger partial charge >= 0.3 is 0 Å². The van der Waals surface area contributed by atoms with E-state index in [-0.39, 0.29) is 22.5 Å². The molecule has 0 fully saturated rings. The van der Waals surface area contributed by atoms with E-state index in [9.17, 15) is 29.8 Å². The second-order valence-electron chi connectivity index (χ2n) is 7.57. The van der Waals surface area contributed by atoms with Crippen molar-refractivity contribution >= 4 is 46.5 Å². The predicted molar refractivity (Wildman–Crippen MR) is 128 cm³/mol. The molecule has 0 aromatic heterocycles. The van der Waals surface area contributed by atoms with Gasteiger partial charge in [-0.25, -0.2) is 0 Å². The number of hydrogen-bond donors (Lipinski definition) is 0. The Hall–Kier alpha value is -4.34. The van der Waals surface area contributed by atoms with Crippen LogP contribution in [-0.4, -0.2) is 49.6 Å².